The highest BCUT2D eigenvalue weighted by Crippen LogP contribution is 2.33. The van der Waals surface area contributed by atoms with Gasteiger partial charge in [-0.05, 0) is 69.2 Å². The Morgan fingerprint density at radius 3 is 2.32 bits per heavy atom. The normalized spacial score (nSPS) is 14.2. The summed E-state index contributed by atoms with van der Waals surface area (Å²) in [6.07, 6.45) is 2.08. The van der Waals surface area contributed by atoms with E-state index in [9.17, 15) is 12.8 Å². The van der Waals surface area contributed by atoms with E-state index in [0.717, 1.165) is 18.4 Å². The summed E-state index contributed by atoms with van der Waals surface area (Å²) in [5.74, 6) is 0.573. The first-order valence-corrected chi connectivity index (χ1v) is 11.5. The Balaban J connectivity index is 1.75. The highest BCUT2D eigenvalue weighted by Gasteiger charge is 2.27. The second kappa shape index (κ2) is 7.16. The van der Waals surface area contributed by atoms with Gasteiger partial charge in [-0.15, -0.1) is 0 Å². The number of benzene rings is 2. The highest BCUT2D eigenvalue weighted by molar-refractivity contribution is 7.90. The highest BCUT2D eigenvalue weighted by atomic mass is 32.2. The molecule has 0 radical (unpaired) electrons. The summed E-state index contributed by atoms with van der Waals surface area (Å²) in [6.45, 7) is 3.65. The number of aromatic nitrogens is 3. The molecule has 5 rings (SSSR count). The van der Waals surface area contributed by atoms with Crippen molar-refractivity contribution in [3.05, 3.63) is 71.7 Å². The van der Waals surface area contributed by atoms with Gasteiger partial charge in [0, 0.05) is 17.3 Å². The third-order valence-electron chi connectivity index (χ3n) is 5.37. The monoisotopic (exact) mass is 436 g/mol. The van der Waals surface area contributed by atoms with Crippen LogP contribution in [-0.4, -0.2) is 28.4 Å². The van der Waals surface area contributed by atoms with Crippen molar-refractivity contribution >= 4 is 26.9 Å². The van der Waals surface area contributed by atoms with E-state index in [2.05, 4.69) is 15.3 Å². The molecule has 8 heteroatoms. The molecule has 6 nitrogen and oxygen atoms in total. The molecule has 158 valence electrons. The van der Waals surface area contributed by atoms with Crippen LogP contribution in [0.4, 0.5) is 10.2 Å². The van der Waals surface area contributed by atoms with Gasteiger partial charge in [0.2, 0.25) is 0 Å². The molecule has 1 saturated carbocycles. The van der Waals surface area contributed by atoms with Gasteiger partial charge in [0.15, 0.2) is 11.5 Å². The fraction of sp³-hybridized carbons (Fsp3) is 0.217. The number of nitrogens with zero attached hydrogens (tertiary/aromatic N) is 3. The molecule has 31 heavy (non-hydrogen) atoms. The Morgan fingerprint density at radius 1 is 1.00 bits per heavy atom. The summed E-state index contributed by atoms with van der Waals surface area (Å²) >= 11 is 0. The lowest BCUT2D eigenvalue weighted by Gasteiger charge is -2.12. The summed E-state index contributed by atoms with van der Waals surface area (Å²) < 4.78 is 41.7. The van der Waals surface area contributed by atoms with Gasteiger partial charge in [-0.25, -0.2) is 26.7 Å². The number of hydrogen-bond acceptors (Lipinski definition) is 5. The van der Waals surface area contributed by atoms with E-state index in [-0.39, 0.29) is 10.7 Å². The van der Waals surface area contributed by atoms with Crippen molar-refractivity contribution in [3.8, 4) is 11.4 Å². The van der Waals surface area contributed by atoms with Gasteiger partial charge in [0.05, 0.1) is 10.3 Å². The molecule has 0 aliphatic heterocycles. The van der Waals surface area contributed by atoms with Gasteiger partial charge in [-0.1, -0.05) is 17.7 Å². The molecule has 1 N–H and O–H groups in total. The Morgan fingerprint density at radius 2 is 1.68 bits per heavy atom. The summed E-state index contributed by atoms with van der Waals surface area (Å²) in [5.41, 5.74) is 2.43. The SMILES string of the molecule is Cc1ccc(S(=O)(=O)n2c(C)cc3c(NC4CC4)nc(-c4ccc(F)cc4)nc32)cc1. The Kier molecular flexibility index (Phi) is 4.55. The molecule has 0 saturated heterocycles. The van der Waals surface area contributed by atoms with E-state index in [4.69, 9.17) is 0 Å². The van der Waals surface area contributed by atoms with Crippen molar-refractivity contribution in [2.75, 3.05) is 5.32 Å². The molecular formula is C23H21FN4O2S. The van der Waals surface area contributed by atoms with Gasteiger partial charge in [-0.2, -0.15) is 0 Å². The smallest absolute Gasteiger partial charge is 0.269 e. The molecule has 1 fully saturated rings. The third kappa shape index (κ3) is 3.57. The maximum atomic E-state index is 13.5. The summed E-state index contributed by atoms with van der Waals surface area (Å²) in [4.78, 5) is 9.44. The van der Waals surface area contributed by atoms with Crippen molar-refractivity contribution in [3.63, 3.8) is 0 Å². The maximum absolute atomic E-state index is 13.5. The van der Waals surface area contributed by atoms with E-state index in [1.54, 1.807) is 49.4 Å². The average Bonchev–Trinajstić information content (AvgIpc) is 3.48. The molecule has 4 aromatic rings. The topological polar surface area (TPSA) is 76.9 Å². The van der Waals surface area contributed by atoms with E-state index in [1.165, 1.54) is 16.1 Å². The summed E-state index contributed by atoms with van der Waals surface area (Å²) in [6, 6.07) is 14.7. The first kappa shape index (κ1) is 19.7. The van der Waals surface area contributed by atoms with E-state index < -0.39 is 10.0 Å². The van der Waals surface area contributed by atoms with E-state index in [1.807, 2.05) is 6.92 Å². The lowest BCUT2D eigenvalue weighted by molar-refractivity contribution is 0.587. The van der Waals surface area contributed by atoms with Crippen LogP contribution >= 0.6 is 0 Å². The molecule has 0 unspecified atom stereocenters. The lowest BCUT2D eigenvalue weighted by Crippen LogP contribution is -2.15. The number of nitrogens with one attached hydrogen (secondary N) is 1. The molecule has 0 atom stereocenters. The maximum Gasteiger partial charge on any atom is 0.269 e. The lowest BCUT2D eigenvalue weighted by atomic mass is 10.2. The van der Waals surface area contributed by atoms with Gasteiger partial charge in [-0.3, -0.25) is 0 Å². The van der Waals surface area contributed by atoms with Crippen molar-refractivity contribution in [1.29, 1.82) is 0 Å². The number of rotatable bonds is 5. The van der Waals surface area contributed by atoms with Crippen LogP contribution in [0.25, 0.3) is 22.4 Å². The van der Waals surface area contributed by atoms with Crippen molar-refractivity contribution in [2.45, 2.75) is 37.6 Å². The molecule has 2 aromatic carbocycles. The first-order chi connectivity index (χ1) is 14.8. The molecule has 2 heterocycles. The van der Waals surface area contributed by atoms with E-state index >= 15 is 0 Å². The average molecular weight is 437 g/mol. The molecule has 1 aliphatic rings. The number of hydrogen-bond donors (Lipinski definition) is 1. The molecule has 2 aromatic heterocycles. The zero-order chi connectivity index (χ0) is 21.8. The van der Waals surface area contributed by atoms with Crippen LogP contribution in [0.2, 0.25) is 0 Å². The fourth-order valence-electron chi connectivity index (χ4n) is 3.56. The zero-order valence-electron chi connectivity index (χ0n) is 17.1. The minimum absolute atomic E-state index is 0.192. The number of fused-ring (bicyclic) bond motifs is 1. The third-order valence-corrected chi connectivity index (χ3v) is 7.18. The summed E-state index contributed by atoms with van der Waals surface area (Å²) in [5, 5.41) is 4.03. The predicted molar refractivity (Wildman–Crippen MR) is 118 cm³/mol. The summed E-state index contributed by atoms with van der Waals surface area (Å²) in [7, 11) is -3.87. The largest absolute Gasteiger partial charge is 0.367 e. The second-order valence-corrected chi connectivity index (χ2v) is 9.71. The number of halogens is 1. The Labute approximate surface area is 179 Å². The van der Waals surface area contributed by atoms with Crippen LogP contribution in [0.5, 0.6) is 0 Å². The molecule has 0 bridgehead atoms. The van der Waals surface area contributed by atoms with Crippen LogP contribution in [-0.2, 0) is 10.0 Å². The Bertz CT molecular complexity index is 1390. The van der Waals surface area contributed by atoms with Crippen molar-refractivity contribution < 1.29 is 12.8 Å². The van der Waals surface area contributed by atoms with E-state index in [0.29, 0.717) is 40.0 Å². The van der Waals surface area contributed by atoms with Crippen LogP contribution in [0, 0.1) is 19.7 Å². The minimum Gasteiger partial charge on any atom is -0.367 e. The predicted octanol–water partition coefficient (Wildman–Crippen LogP) is 4.67. The quantitative estimate of drug-likeness (QED) is 0.492. The van der Waals surface area contributed by atoms with Gasteiger partial charge >= 0.3 is 0 Å². The van der Waals surface area contributed by atoms with Crippen molar-refractivity contribution in [2.24, 2.45) is 0 Å². The van der Waals surface area contributed by atoms with Gasteiger partial charge < -0.3 is 5.32 Å². The fourth-order valence-corrected chi connectivity index (χ4v) is 5.05. The van der Waals surface area contributed by atoms with Crippen LogP contribution in [0.1, 0.15) is 24.1 Å². The first-order valence-electron chi connectivity index (χ1n) is 10.1. The van der Waals surface area contributed by atoms with Crippen LogP contribution in [0.3, 0.4) is 0 Å². The van der Waals surface area contributed by atoms with Gasteiger partial charge in [0.25, 0.3) is 10.0 Å². The van der Waals surface area contributed by atoms with Crippen LogP contribution in [0.15, 0.2) is 59.5 Å². The molecular weight excluding hydrogens is 415 g/mol. The molecule has 1 aliphatic carbocycles. The second-order valence-electron chi connectivity index (χ2n) is 7.93. The number of anilines is 1. The standard InChI is InChI=1S/C23H21FN4O2S/c1-14-3-11-19(12-4-14)31(29,30)28-15(2)13-20-22(25-18-9-10-18)26-21(27-23(20)28)16-5-7-17(24)8-6-16/h3-8,11-13,18H,9-10H2,1-2H3,(H,25,26,27). The minimum atomic E-state index is -3.87. The van der Waals surface area contributed by atoms with Crippen LogP contribution < -0.4 is 5.32 Å². The van der Waals surface area contributed by atoms with Gasteiger partial charge in [0.1, 0.15) is 11.6 Å². The Hall–Kier alpha value is -3.26. The zero-order valence-corrected chi connectivity index (χ0v) is 17.9. The number of aryl methyl sites for hydroxylation is 2. The molecule has 0 amide bonds. The van der Waals surface area contributed by atoms with Crippen molar-refractivity contribution in [1.82, 2.24) is 13.9 Å². The molecule has 0 spiro atoms.